The van der Waals surface area contributed by atoms with E-state index in [0.717, 1.165) is 5.25 Å². The predicted octanol–water partition coefficient (Wildman–Crippen LogP) is 2.39. The number of nitrogens with zero attached hydrogens (tertiary/aromatic N) is 1. The van der Waals surface area contributed by atoms with Crippen LogP contribution in [0.25, 0.3) is 0 Å². The second kappa shape index (κ2) is 4.93. The number of rotatable bonds is 3. The molecule has 12 heavy (non-hydrogen) atoms. The Bertz CT molecular complexity index is 147. The Morgan fingerprint density at radius 1 is 1.75 bits per heavy atom. The van der Waals surface area contributed by atoms with Gasteiger partial charge in [0.25, 0.3) is 0 Å². The van der Waals surface area contributed by atoms with Crippen LogP contribution in [0.4, 0.5) is 0 Å². The molecule has 1 aliphatic rings. The molecule has 0 aromatic carbocycles. The largest absolute Gasteiger partial charge is 0.295 e. The Hall–Kier alpha value is 0.0500. The molecule has 1 aliphatic heterocycles. The lowest BCUT2D eigenvalue weighted by atomic mass is 10.2. The summed E-state index contributed by atoms with van der Waals surface area (Å²) in [6.07, 6.45) is 3.34. The highest BCUT2D eigenvalue weighted by Crippen LogP contribution is 2.22. The van der Waals surface area contributed by atoms with Crippen molar-refractivity contribution in [2.45, 2.75) is 31.6 Å². The second-order valence-corrected chi connectivity index (χ2v) is 4.78. The average Bonchev–Trinajstić information content (AvgIpc) is 2.17. The summed E-state index contributed by atoms with van der Waals surface area (Å²) < 4.78 is 0. The van der Waals surface area contributed by atoms with E-state index in [4.69, 9.17) is 0 Å². The molecular formula is C10H19NS. The van der Waals surface area contributed by atoms with Crippen LogP contribution < -0.4 is 0 Å². The molecule has 0 aliphatic carbocycles. The molecular weight excluding hydrogens is 166 g/mol. The normalized spacial score (nSPS) is 28.3. The van der Waals surface area contributed by atoms with Gasteiger partial charge in [-0.05, 0) is 13.3 Å². The van der Waals surface area contributed by atoms with Gasteiger partial charge >= 0.3 is 0 Å². The van der Waals surface area contributed by atoms with E-state index < -0.39 is 0 Å². The molecule has 0 aromatic heterocycles. The highest BCUT2D eigenvalue weighted by molar-refractivity contribution is 8.00. The summed E-state index contributed by atoms with van der Waals surface area (Å²) in [6, 6.07) is 0.556. The molecule has 0 aromatic rings. The third-order valence-electron chi connectivity index (χ3n) is 2.54. The van der Waals surface area contributed by atoms with Crippen LogP contribution in [0.5, 0.6) is 0 Å². The van der Waals surface area contributed by atoms with Crippen molar-refractivity contribution in [3.63, 3.8) is 0 Å². The Balaban J connectivity index is 2.39. The fourth-order valence-corrected chi connectivity index (χ4v) is 2.71. The standard InChI is InChI=1S/C10H19NS/c1-4-9(3)11-6-7-12-10(5-2)8-11/h4,9-10H,1,5-8H2,2-3H3. The van der Waals surface area contributed by atoms with E-state index in [0.29, 0.717) is 6.04 Å². The van der Waals surface area contributed by atoms with Gasteiger partial charge in [0.1, 0.15) is 0 Å². The van der Waals surface area contributed by atoms with Crippen LogP contribution in [-0.4, -0.2) is 35.0 Å². The molecule has 1 saturated heterocycles. The van der Waals surface area contributed by atoms with Gasteiger partial charge in [-0.2, -0.15) is 11.8 Å². The lowest BCUT2D eigenvalue weighted by Gasteiger charge is -2.34. The molecule has 70 valence electrons. The maximum Gasteiger partial charge on any atom is 0.0248 e. The van der Waals surface area contributed by atoms with E-state index in [1.807, 2.05) is 6.08 Å². The SMILES string of the molecule is C=CC(C)N1CCSC(CC)C1. The van der Waals surface area contributed by atoms with Crippen molar-refractivity contribution in [2.75, 3.05) is 18.8 Å². The molecule has 1 nitrogen and oxygen atoms in total. The van der Waals surface area contributed by atoms with Crippen molar-refractivity contribution in [1.29, 1.82) is 0 Å². The van der Waals surface area contributed by atoms with E-state index in [1.165, 1.54) is 25.3 Å². The molecule has 0 spiro atoms. The minimum absolute atomic E-state index is 0.556. The van der Waals surface area contributed by atoms with Gasteiger partial charge in [-0.1, -0.05) is 13.0 Å². The maximum absolute atomic E-state index is 3.84. The number of hydrogen-bond acceptors (Lipinski definition) is 2. The van der Waals surface area contributed by atoms with Crippen molar-refractivity contribution in [3.05, 3.63) is 12.7 Å². The monoisotopic (exact) mass is 185 g/mol. The maximum atomic E-state index is 3.84. The van der Waals surface area contributed by atoms with E-state index in [9.17, 15) is 0 Å². The smallest absolute Gasteiger partial charge is 0.0248 e. The summed E-state index contributed by atoms with van der Waals surface area (Å²) in [5, 5.41) is 0.848. The van der Waals surface area contributed by atoms with Gasteiger partial charge in [0, 0.05) is 30.1 Å². The first-order valence-corrected chi connectivity index (χ1v) is 5.81. The molecule has 2 heteroatoms. The summed E-state index contributed by atoms with van der Waals surface area (Å²) >= 11 is 2.12. The summed E-state index contributed by atoms with van der Waals surface area (Å²) in [6.45, 7) is 10.8. The van der Waals surface area contributed by atoms with E-state index >= 15 is 0 Å². The van der Waals surface area contributed by atoms with Crippen molar-refractivity contribution in [1.82, 2.24) is 4.90 Å². The van der Waals surface area contributed by atoms with Crippen molar-refractivity contribution < 1.29 is 0 Å². The Morgan fingerprint density at radius 2 is 2.50 bits per heavy atom. The molecule has 0 N–H and O–H groups in total. The molecule has 2 unspecified atom stereocenters. The van der Waals surface area contributed by atoms with Crippen LogP contribution in [0.15, 0.2) is 12.7 Å². The van der Waals surface area contributed by atoms with E-state index in [2.05, 4.69) is 37.1 Å². The van der Waals surface area contributed by atoms with Crippen LogP contribution in [0.1, 0.15) is 20.3 Å². The van der Waals surface area contributed by atoms with E-state index in [1.54, 1.807) is 0 Å². The molecule has 0 saturated carbocycles. The van der Waals surface area contributed by atoms with Crippen molar-refractivity contribution in [2.24, 2.45) is 0 Å². The molecule has 1 fully saturated rings. The van der Waals surface area contributed by atoms with Crippen LogP contribution in [-0.2, 0) is 0 Å². The first-order chi connectivity index (χ1) is 5.77. The summed E-state index contributed by atoms with van der Waals surface area (Å²) in [7, 11) is 0. The van der Waals surface area contributed by atoms with Gasteiger partial charge in [-0.15, -0.1) is 6.58 Å². The van der Waals surface area contributed by atoms with Gasteiger partial charge in [-0.25, -0.2) is 0 Å². The van der Waals surface area contributed by atoms with Crippen LogP contribution >= 0.6 is 11.8 Å². The molecule has 2 atom stereocenters. The minimum atomic E-state index is 0.556. The fraction of sp³-hybridized carbons (Fsp3) is 0.800. The number of hydrogen-bond donors (Lipinski definition) is 0. The first kappa shape index (κ1) is 10.1. The molecule has 0 radical (unpaired) electrons. The Morgan fingerprint density at radius 3 is 3.08 bits per heavy atom. The first-order valence-electron chi connectivity index (χ1n) is 4.76. The summed E-state index contributed by atoms with van der Waals surface area (Å²) in [5.74, 6) is 1.29. The predicted molar refractivity (Wildman–Crippen MR) is 57.8 cm³/mol. The zero-order valence-corrected chi connectivity index (χ0v) is 8.94. The fourth-order valence-electron chi connectivity index (χ4n) is 1.51. The highest BCUT2D eigenvalue weighted by atomic mass is 32.2. The van der Waals surface area contributed by atoms with Gasteiger partial charge in [-0.3, -0.25) is 4.90 Å². The zero-order chi connectivity index (χ0) is 8.97. The van der Waals surface area contributed by atoms with Crippen LogP contribution in [0.3, 0.4) is 0 Å². The van der Waals surface area contributed by atoms with Crippen LogP contribution in [0.2, 0.25) is 0 Å². The number of thioether (sulfide) groups is 1. The molecule has 0 amide bonds. The topological polar surface area (TPSA) is 3.24 Å². The van der Waals surface area contributed by atoms with Gasteiger partial charge in [0.15, 0.2) is 0 Å². The van der Waals surface area contributed by atoms with Gasteiger partial charge in [0.2, 0.25) is 0 Å². The van der Waals surface area contributed by atoms with Crippen molar-refractivity contribution in [3.8, 4) is 0 Å². The third-order valence-corrected chi connectivity index (χ3v) is 3.91. The lowest BCUT2D eigenvalue weighted by Crippen LogP contribution is -2.42. The quantitative estimate of drug-likeness (QED) is 0.621. The molecule has 1 heterocycles. The lowest BCUT2D eigenvalue weighted by molar-refractivity contribution is 0.248. The minimum Gasteiger partial charge on any atom is -0.295 e. The van der Waals surface area contributed by atoms with Gasteiger partial charge < -0.3 is 0 Å². The second-order valence-electron chi connectivity index (χ2n) is 3.37. The van der Waals surface area contributed by atoms with Crippen molar-refractivity contribution >= 4 is 11.8 Å². The summed E-state index contributed by atoms with van der Waals surface area (Å²) in [5.41, 5.74) is 0. The molecule has 0 bridgehead atoms. The average molecular weight is 185 g/mol. The summed E-state index contributed by atoms with van der Waals surface area (Å²) in [4.78, 5) is 2.53. The van der Waals surface area contributed by atoms with Gasteiger partial charge in [0.05, 0.1) is 0 Å². The Labute approximate surface area is 80.2 Å². The third kappa shape index (κ3) is 2.53. The zero-order valence-electron chi connectivity index (χ0n) is 8.12. The Kier molecular flexibility index (Phi) is 4.16. The van der Waals surface area contributed by atoms with Crippen LogP contribution in [0, 0.1) is 0 Å². The highest BCUT2D eigenvalue weighted by Gasteiger charge is 2.20. The molecule has 1 rings (SSSR count). The van der Waals surface area contributed by atoms with E-state index in [-0.39, 0.29) is 0 Å².